The lowest BCUT2D eigenvalue weighted by Crippen LogP contribution is -2.44. The van der Waals surface area contributed by atoms with Crippen molar-refractivity contribution >= 4 is 17.3 Å². The predicted octanol–water partition coefficient (Wildman–Crippen LogP) is 4.77. The highest BCUT2D eigenvalue weighted by Gasteiger charge is 2.54. The molecule has 0 bridgehead atoms. The molecule has 0 aromatic heterocycles. The van der Waals surface area contributed by atoms with Crippen molar-refractivity contribution in [1.29, 1.82) is 0 Å². The molecule has 0 N–H and O–H groups in total. The molecule has 3 aliphatic rings. The van der Waals surface area contributed by atoms with E-state index in [0.717, 1.165) is 30.4 Å². The third-order valence-electron chi connectivity index (χ3n) is 6.60. The zero-order chi connectivity index (χ0) is 20.6. The molecule has 1 heterocycles. The molecule has 4 heteroatoms. The Morgan fingerprint density at radius 1 is 1.13 bits per heavy atom. The number of carbonyl (C=O) groups is 1. The predicted molar refractivity (Wildman–Crippen MR) is 117 cm³/mol. The van der Waals surface area contributed by atoms with E-state index >= 15 is 0 Å². The van der Waals surface area contributed by atoms with Crippen molar-refractivity contribution in [3.63, 3.8) is 0 Å². The standard InChI is InChI=1S/C26H27NO3/c1-2-12-26-16-19-10-6-7-11-20(19)24(26)23(25-27-13-14-29-25)21(28)15-22(26)30-17-18-8-4-3-5-9-18/h3-11,22H,2,12-17H2,1H3. The van der Waals surface area contributed by atoms with Crippen molar-refractivity contribution in [2.45, 2.75) is 45.3 Å². The van der Waals surface area contributed by atoms with Crippen LogP contribution in [0.3, 0.4) is 0 Å². The lowest BCUT2D eigenvalue weighted by Gasteiger charge is -2.42. The van der Waals surface area contributed by atoms with E-state index in [4.69, 9.17) is 9.47 Å². The number of ether oxygens (including phenoxy) is 2. The number of benzene rings is 2. The maximum absolute atomic E-state index is 13.4. The van der Waals surface area contributed by atoms with Gasteiger partial charge in [-0.05, 0) is 35.1 Å². The molecule has 0 saturated carbocycles. The van der Waals surface area contributed by atoms with Crippen LogP contribution >= 0.6 is 0 Å². The number of rotatable bonds is 6. The smallest absolute Gasteiger partial charge is 0.220 e. The summed E-state index contributed by atoms with van der Waals surface area (Å²) in [6.45, 7) is 3.90. The van der Waals surface area contributed by atoms with E-state index in [1.165, 1.54) is 11.1 Å². The number of hydrogen-bond acceptors (Lipinski definition) is 4. The molecule has 0 spiro atoms. The Bertz CT molecular complexity index is 1020. The van der Waals surface area contributed by atoms with Crippen LogP contribution in [0.1, 0.15) is 42.9 Å². The summed E-state index contributed by atoms with van der Waals surface area (Å²) >= 11 is 0. The minimum atomic E-state index is -0.217. The number of nitrogens with zero attached hydrogens (tertiary/aromatic N) is 1. The van der Waals surface area contributed by atoms with Gasteiger partial charge in [0.15, 0.2) is 5.78 Å². The number of carbonyl (C=O) groups excluding carboxylic acids is 1. The molecule has 2 aromatic carbocycles. The molecule has 4 nitrogen and oxygen atoms in total. The van der Waals surface area contributed by atoms with Gasteiger partial charge >= 0.3 is 0 Å². The van der Waals surface area contributed by atoms with Crippen LogP contribution in [-0.2, 0) is 27.3 Å². The van der Waals surface area contributed by atoms with Crippen molar-refractivity contribution in [3.05, 3.63) is 76.9 Å². The Hall–Kier alpha value is -2.72. The van der Waals surface area contributed by atoms with Gasteiger partial charge in [-0.2, -0.15) is 0 Å². The van der Waals surface area contributed by atoms with Gasteiger partial charge in [0.1, 0.15) is 6.61 Å². The molecule has 30 heavy (non-hydrogen) atoms. The van der Waals surface area contributed by atoms with E-state index in [1.807, 2.05) is 18.2 Å². The molecule has 154 valence electrons. The van der Waals surface area contributed by atoms with Crippen LogP contribution in [0.2, 0.25) is 0 Å². The normalized spacial score (nSPS) is 25.0. The molecule has 0 saturated heterocycles. The second-order valence-corrected chi connectivity index (χ2v) is 8.44. The Morgan fingerprint density at radius 2 is 1.93 bits per heavy atom. The van der Waals surface area contributed by atoms with Crippen molar-refractivity contribution in [1.82, 2.24) is 0 Å². The first-order valence-corrected chi connectivity index (χ1v) is 10.9. The van der Waals surface area contributed by atoms with Gasteiger partial charge < -0.3 is 9.47 Å². The van der Waals surface area contributed by atoms with E-state index in [1.54, 1.807) is 0 Å². The maximum atomic E-state index is 13.4. The number of ketones is 1. The van der Waals surface area contributed by atoms with Crippen molar-refractivity contribution in [2.75, 3.05) is 13.2 Å². The molecule has 5 rings (SSSR count). The average Bonchev–Trinajstić information content (AvgIpc) is 3.40. The number of fused-ring (bicyclic) bond motifs is 3. The topological polar surface area (TPSA) is 47.9 Å². The lowest BCUT2D eigenvalue weighted by molar-refractivity contribution is -0.122. The maximum Gasteiger partial charge on any atom is 0.220 e. The van der Waals surface area contributed by atoms with E-state index in [0.29, 0.717) is 37.7 Å². The van der Waals surface area contributed by atoms with Crippen molar-refractivity contribution in [2.24, 2.45) is 10.4 Å². The molecule has 0 amide bonds. The molecule has 2 aliphatic carbocycles. The Labute approximate surface area is 177 Å². The zero-order valence-corrected chi connectivity index (χ0v) is 17.4. The molecule has 2 atom stereocenters. The molecular weight excluding hydrogens is 374 g/mol. The molecule has 0 radical (unpaired) electrons. The molecule has 0 fully saturated rings. The van der Waals surface area contributed by atoms with Gasteiger partial charge in [-0.25, -0.2) is 4.99 Å². The van der Waals surface area contributed by atoms with Gasteiger partial charge in [0.05, 0.1) is 24.8 Å². The quantitative estimate of drug-likeness (QED) is 0.701. The van der Waals surface area contributed by atoms with Crippen LogP contribution in [0.5, 0.6) is 0 Å². The summed E-state index contributed by atoms with van der Waals surface area (Å²) in [6.07, 6.45) is 3.12. The second kappa shape index (κ2) is 7.84. The van der Waals surface area contributed by atoms with Gasteiger partial charge in [0.25, 0.3) is 0 Å². The highest BCUT2D eigenvalue weighted by atomic mass is 16.5. The van der Waals surface area contributed by atoms with E-state index in [2.05, 4.69) is 48.3 Å². The average molecular weight is 402 g/mol. The first-order chi connectivity index (χ1) is 14.7. The van der Waals surface area contributed by atoms with Gasteiger partial charge in [-0.1, -0.05) is 67.9 Å². The SMILES string of the molecule is CCCC12Cc3ccccc3C1=C(C1=NCCO1)C(=O)CC2OCc1ccccc1. The monoisotopic (exact) mass is 401 g/mol. The van der Waals surface area contributed by atoms with Crippen LogP contribution in [-0.4, -0.2) is 30.9 Å². The van der Waals surface area contributed by atoms with Crippen LogP contribution in [0.25, 0.3) is 5.57 Å². The van der Waals surface area contributed by atoms with E-state index in [-0.39, 0.29) is 17.3 Å². The first-order valence-electron chi connectivity index (χ1n) is 10.9. The summed E-state index contributed by atoms with van der Waals surface area (Å²) in [5.74, 6) is 0.626. The van der Waals surface area contributed by atoms with Gasteiger partial charge in [-0.3, -0.25) is 4.79 Å². The fourth-order valence-corrected chi connectivity index (χ4v) is 5.40. The first kappa shape index (κ1) is 19.3. The minimum absolute atomic E-state index is 0.0899. The van der Waals surface area contributed by atoms with Crippen LogP contribution < -0.4 is 0 Å². The fraction of sp³-hybridized carbons (Fsp3) is 0.385. The lowest BCUT2D eigenvalue weighted by atomic mass is 9.65. The molecule has 2 aromatic rings. The van der Waals surface area contributed by atoms with Crippen LogP contribution in [0.4, 0.5) is 0 Å². The Kier molecular flexibility index (Phi) is 5.03. The third-order valence-corrected chi connectivity index (χ3v) is 6.60. The Balaban J connectivity index is 1.62. The van der Waals surface area contributed by atoms with Crippen LogP contribution in [0.15, 0.2) is 65.2 Å². The summed E-state index contributed by atoms with van der Waals surface area (Å²) < 4.78 is 12.3. The highest BCUT2D eigenvalue weighted by molar-refractivity contribution is 6.26. The summed E-state index contributed by atoms with van der Waals surface area (Å²) in [6, 6.07) is 18.7. The van der Waals surface area contributed by atoms with Crippen molar-refractivity contribution < 1.29 is 14.3 Å². The van der Waals surface area contributed by atoms with E-state index in [9.17, 15) is 4.79 Å². The largest absolute Gasteiger partial charge is 0.475 e. The van der Waals surface area contributed by atoms with Gasteiger partial charge in [0, 0.05) is 11.8 Å². The fourth-order valence-electron chi connectivity index (χ4n) is 5.40. The second-order valence-electron chi connectivity index (χ2n) is 8.44. The minimum Gasteiger partial charge on any atom is -0.475 e. The van der Waals surface area contributed by atoms with Crippen molar-refractivity contribution in [3.8, 4) is 0 Å². The van der Waals surface area contributed by atoms with Gasteiger partial charge in [-0.15, -0.1) is 0 Å². The molecular formula is C26H27NO3. The number of aliphatic imine (C=N–C) groups is 1. The Morgan fingerprint density at radius 3 is 2.70 bits per heavy atom. The summed E-state index contributed by atoms with van der Waals surface area (Å²) in [7, 11) is 0. The molecule has 1 aliphatic heterocycles. The number of Topliss-reactive ketones (excluding diaryl/α,β-unsaturated/α-hetero) is 1. The van der Waals surface area contributed by atoms with Gasteiger partial charge in [0.2, 0.25) is 5.90 Å². The van der Waals surface area contributed by atoms with E-state index < -0.39 is 0 Å². The number of hydrogen-bond donors (Lipinski definition) is 0. The zero-order valence-electron chi connectivity index (χ0n) is 17.4. The molecule has 2 unspecified atom stereocenters. The summed E-state index contributed by atoms with van der Waals surface area (Å²) in [4.78, 5) is 17.9. The summed E-state index contributed by atoms with van der Waals surface area (Å²) in [5, 5.41) is 0. The highest BCUT2D eigenvalue weighted by Crippen LogP contribution is 2.57. The third kappa shape index (κ3) is 3.10. The van der Waals surface area contributed by atoms with Crippen LogP contribution in [0, 0.1) is 5.41 Å². The summed E-state index contributed by atoms with van der Waals surface area (Å²) in [5.41, 5.74) is 5.18.